The lowest BCUT2D eigenvalue weighted by atomic mass is 10.1. The fourth-order valence-corrected chi connectivity index (χ4v) is 1.48. The summed E-state index contributed by atoms with van der Waals surface area (Å²) >= 11 is 2.91. The lowest BCUT2D eigenvalue weighted by Crippen LogP contribution is -2.35. The molecule has 0 aromatic heterocycles. The predicted molar refractivity (Wildman–Crippen MR) is 56.2 cm³/mol. The molecule has 3 N–H and O–H groups in total. The fourth-order valence-electron chi connectivity index (χ4n) is 1.05. The van der Waals surface area contributed by atoms with Gasteiger partial charge in [0.25, 0.3) is 5.91 Å². The van der Waals surface area contributed by atoms with Gasteiger partial charge >= 0.3 is 12.2 Å². The molecule has 0 heterocycles. The smallest absolute Gasteiger partial charge is 0.351 e. The molecule has 0 aliphatic carbocycles. The first-order valence-electron chi connectivity index (χ1n) is 4.19. The number of rotatable bonds is 1. The van der Waals surface area contributed by atoms with Crippen molar-refractivity contribution >= 4 is 27.9 Å². The van der Waals surface area contributed by atoms with Gasteiger partial charge in [0, 0.05) is 4.47 Å². The number of carbonyl (C=O) groups is 2. The summed E-state index contributed by atoms with van der Waals surface area (Å²) in [4.78, 5) is 21.8. The molecule has 1 rings (SSSR count). The molecule has 0 aliphatic heterocycles. The molecule has 0 bridgehead atoms. The van der Waals surface area contributed by atoms with E-state index in [0.29, 0.717) is 6.07 Å². The van der Waals surface area contributed by atoms with Crippen LogP contribution in [0, 0.1) is 0 Å². The Bertz CT molecular complexity index is 474. The Hall–Kier alpha value is -1.57. The van der Waals surface area contributed by atoms with E-state index in [1.165, 1.54) is 0 Å². The normalized spacial score (nSPS) is 11.1. The number of carbonyl (C=O) groups excluding carboxylic acids is 2. The third-order valence-electron chi connectivity index (χ3n) is 1.78. The van der Waals surface area contributed by atoms with Crippen LogP contribution < -0.4 is 11.1 Å². The minimum absolute atomic E-state index is 0.129. The Labute approximate surface area is 102 Å². The van der Waals surface area contributed by atoms with Gasteiger partial charge in [-0.15, -0.1) is 0 Å². The molecule has 92 valence electrons. The van der Waals surface area contributed by atoms with Crippen LogP contribution in [0.15, 0.2) is 22.7 Å². The van der Waals surface area contributed by atoms with Crippen molar-refractivity contribution in [3.63, 3.8) is 0 Å². The summed E-state index contributed by atoms with van der Waals surface area (Å²) in [5, 5.41) is 1.68. The molecule has 0 saturated heterocycles. The summed E-state index contributed by atoms with van der Waals surface area (Å²) in [5.41, 5.74) is 3.39. The number of benzene rings is 1. The first kappa shape index (κ1) is 13.5. The molecule has 17 heavy (non-hydrogen) atoms. The highest BCUT2D eigenvalue weighted by Crippen LogP contribution is 2.31. The van der Waals surface area contributed by atoms with Crippen molar-refractivity contribution in [2.24, 2.45) is 5.73 Å². The van der Waals surface area contributed by atoms with E-state index in [-0.39, 0.29) is 10.0 Å². The van der Waals surface area contributed by atoms with Crippen molar-refractivity contribution in [2.45, 2.75) is 6.18 Å². The van der Waals surface area contributed by atoms with Crippen molar-refractivity contribution in [3.05, 3.63) is 33.8 Å². The van der Waals surface area contributed by atoms with Crippen LogP contribution in [0.3, 0.4) is 0 Å². The number of halogens is 4. The quantitative estimate of drug-likeness (QED) is 0.835. The van der Waals surface area contributed by atoms with Gasteiger partial charge in [0.15, 0.2) is 0 Å². The lowest BCUT2D eigenvalue weighted by Gasteiger charge is -2.09. The summed E-state index contributed by atoms with van der Waals surface area (Å²) in [6.45, 7) is 0. The maximum absolute atomic E-state index is 12.4. The zero-order valence-corrected chi connectivity index (χ0v) is 9.72. The number of primary amides is 1. The van der Waals surface area contributed by atoms with Crippen molar-refractivity contribution in [2.75, 3.05) is 0 Å². The minimum atomic E-state index is -4.57. The maximum atomic E-state index is 12.4. The standard InChI is InChI=1S/C9H6BrF3N2O2/c10-6-2-1-4(9(11,12)13)3-5(6)7(16)15-8(14)17/h1-3H,(H3,14,15,16,17). The number of hydrogen-bond acceptors (Lipinski definition) is 2. The van der Waals surface area contributed by atoms with E-state index < -0.39 is 23.7 Å². The average Bonchev–Trinajstić information content (AvgIpc) is 2.15. The van der Waals surface area contributed by atoms with Gasteiger partial charge in [-0.05, 0) is 34.1 Å². The summed E-state index contributed by atoms with van der Waals surface area (Å²) < 4.78 is 37.3. The van der Waals surface area contributed by atoms with Gasteiger partial charge in [0.2, 0.25) is 0 Å². The number of amides is 3. The van der Waals surface area contributed by atoms with Crippen molar-refractivity contribution < 1.29 is 22.8 Å². The Morgan fingerprint density at radius 2 is 1.88 bits per heavy atom. The second-order valence-electron chi connectivity index (χ2n) is 3.01. The Morgan fingerprint density at radius 1 is 1.29 bits per heavy atom. The monoisotopic (exact) mass is 310 g/mol. The van der Waals surface area contributed by atoms with Gasteiger partial charge in [-0.2, -0.15) is 13.2 Å². The van der Waals surface area contributed by atoms with Crippen molar-refractivity contribution in [1.82, 2.24) is 5.32 Å². The summed E-state index contributed by atoms with van der Waals surface area (Å²) in [7, 11) is 0. The predicted octanol–water partition coefficient (Wildman–Crippen LogP) is 2.28. The van der Waals surface area contributed by atoms with Gasteiger partial charge < -0.3 is 5.73 Å². The average molecular weight is 311 g/mol. The van der Waals surface area contributed by atoms with Crippen LogP contribution >= 0.6 is 15.9 Å². The highest BCUT2D eigenvalue weighted by Gasteiger charge is 2.31. The first-order valence-corrected chi connectivity index (χ1v) is 4.98. The molecule has 8 heteroatoms. The number of urea groups is 1. The number of nitrogens with two attached hydrogens (primary N) is 1. The summed E-state index contributed by atoms with van der Waals surface area (Å²) in [6, 6.07) is 1.37. The van der Waals surface area contributed by atoms with Crippen LogP contribution in [0.1, 0.15) is 15.9 Å². The number of imide groups is 1. The molecule has 1 aromatic rings. The van der Waals surface area contributed by atoms with Crippen LogP contribution in [0.5, 0.6) is 0 Å². The highest BCUT2D eigenvalue weighted by atomic mass is 79.9. The molecule has 0 radical (unpaired) electrons. The lowest BCUT2D eigenvalue weighted by molar-refractivity contribution is -0.137. The van der Waals surface area contributed by atoms with E-state index in [0.717, 1.165) is 12.1 Å². The van der Waals surface area contributed by atoms with Gasteiger partial charge in [-0.1, -0.05) is 0 Å². The van der Waals surface area contributed by atoms with Gasteiger partial charge in [0.1, 0.15) is 0 Å². The first-order chi connectivity index (χ1) is 7.71. The van der Waals surface area contributed by atoms with E-state index in [1.54, 1.807) is 5.32 Å². The Balaban J connectivity index is 3.15. The van der Waals surface area contributed by atoms with Crippen LogP contribution in [0.4, 0.5) is 18.0 Å². The minimum Gasteiger partial charge on any atom is -0.351 e. The largest absolute Gasteiger partial charge is 0.416 e. The topological polar surface area (TPSA) is 72.2 Å². The molecular formula is C9H6BrF3N2O2. The van der Waals surface area contributed by atoms with E-state index in [2.05, 4.69) is 15.9 Å². The molecule has 1 aromatic carbocycles. The third kappa shape index (κ3) is 3.45. The zero-order chi connectivity index (χ0) is 13.2. The molecule has 0 spiro atoms. The molecule has 0 saturated carbocycles. The van der Waals surface area contributed by atoms with E-state index >= 15 is 0 Å². The third-order valence-corrected chi connectivity index (χ3v) is 2.47. The number of nitrogens with one attached hydrogen (secondary N) is 1. The highest BCUT2D eigenvalue weighted by molar-refractivity contribution is 9.10. The molecule has 0 fully saturated rings. The SMILES string of the molecule is NC(=O)NC(=O)c1cc(C(F)(F)F)ccc1Br. The van der Waals surface area contributed by atoms with E-state index in [4.69, 9.17) is 5.73 Å². The molecule has 0 atom stereocenters. The van der Waals surface area contributed by atoms with Crippen LogP contribution in [0.25, 0.3) is 0 Å². The molecule has 3 amide bonds. The molecule has 4 nitrogen and oxygen atoms in total. The van der Waals surface area contributed by atoms with Crippen LogP contribution in [-0.2, 0) is 6.18 Å². The van der Waals surface area contributed by atoms with Crippen LogP contribution in [0.2, 0.25) is 0 Å². The number of alkyl halides is 3. The van der Waals surface area contributed by atoms with Gasteiger partial charge in [0.05, 0.1) is 11.1 Å². The van der Waals surface area contributed by atoms with E-state index in [9.17, 15) is 22.8 Å². The number of hydrogen-bond donors (Lipinski definition) is 2. The van der Waals surface area contributed by atoms with Gasteiger partial charge in [-0.3, -0.25) is 10.1 Å². The second-order valence-corrected chi connectivity index (χ2v) is 3.87. The van der Waals surface area contributed by atoms with E-state index in [1.807, 2.05) is 0 Å². The summed E-state index contributed by atoms with van der Waals surface area (Å²) in [6.07, 6.45) is -4.57. The van der Waals surface area contributed by atoms with Gasteiger partial charge in [-0.25, -0.2) is 4.79 Å². The fraction of sp³-hybridized carbons (Fsp3) is 0.111. The molecule has 0 unspecified atom stereocenters. The maximum Gasteiger partial charge on any atom is 0.416 e. The molecule has 0 aliphatic rings. The Kier molecular flexibility index (Phi) is 3.76. The van der Waals surface area contributed by atoms with Crippen molar-refractivity contribution in [1.29, 1.82) is 0 Å². The zero-order valence-electron chi connectivity index (χ0n) is 8.14. The van der Waals surface area contributed by atoms with Crippen LogP contribution in [-0.4, -0.2) is 11.9 Å². The molecular weight excluding hydrogens is 305 g/mol. The Morgan fingerprint density at radius 3 is 2.35 bits per heavy atom. The second kappa shape index (κ2) is 4.74. The van der Waals surface area contributed by atoms with Crippen molar-refractivity contribution in [3.8, 4) is 0 Å². The summed E-state index contributed by atoms with van der Waals surface area (Å²) in [5.74, 6) is -1.00.